The average molecular weight is 524 g/mol. The van der Waals surface area contributed by atoms with E-state index in [1.54, 1.807) is 25.3 Å². The normalized spacial score (nSPS) is 15.0. The van der Waals surface area contributed by atoms with Gasteiger partial charge in [-0.15, -0.1) is 0 Å². The van der Waals surface area contributed by atoms with E-state index >= 15 is 0 Å². The van der Waals surface area contributed by atoms with E-state index in [4.69, 9.17) is 4.74 Å². The fourth-order valence-corrected chi connectivity index (χ4v) is 3.99. The van der Waals surface area contributed by atoms with Gasteiger partial charge in [0.05, 0.1) is 13.7 Å². The van der Waals surface area contributed by atoms with Crippen LogP contribution in [0, 0.1) is 11.6 Å². The fourth-order valence-electron chi connectivity index (χ4n) is 3.99. The molecule has 1 unspecified atom stereocenters. The summed E-state index contributed by atoms with van der Waals surface area (Å²) in [6, 6.07) is 15.7. The minimum absolute atomic E-state index is 0.0705. The summed E-state index contributed by atoms with van der Waals surface area (Å²) in [5.74, 6) is -0.699. The minimum atomic E-state index is -1.01. The number of hydrogen-bond acceptors (Lipinski definition) is 4. The molecule has 1 heterocycles. The van der Waals surface area contributed by atoms with Crippen molar-refractivity contribution in [2.45, 2.75) is 12.6 Å². The number of nitrogens with zero attached hydrogens (tertiary/aromatic N) is 2. The van der Waals surface area contributed by atoms with Gasteiger partial charge >= 0.3 is 12.1 Å². The maximum absolute atomic E-state index is 13.3. The molecule has 0 radical (unpaired) electrons. The Balaban J connectivity index is 1.47. The smallest absolute Gasteiger partial charge is 0.322 e. The van der Waals surface area contributed by atoms with Gasteiger partial charge in [-0.05, 0) is 66.2 Å². The second-order valence-electron chi connectivity index (χ2n) is 8.60. The van der Waals surface area contributed by atoms with E-state index in [2.05, 4.69) is 16.0 Å². The quantitative estimate of drug-likeness (QED) is 0.454. The van der Waals surface area contributed by atoms with Crippen LogP contribution in [0.1, 0.15) is 5.56 Å². The van der Waals surface area contributed by atoms with Gasteiger partial charge in [-0.1, -0.05) is 12.1 Å². The van der Waals surface area contributed by atoms with E-state index in [-0.39, 0.29) is 26.2 Å². The van der Waals surface area contributed by atoms with E-state index in [9.17, 15) is 23.2 Å². The molecular formula is C27H27F2N5O4. The van der Waals surface area contributed by atoms with Crippen molar-refractivity contribution in [1.29, 1.82) is 0 Å². The second-order valence-corrected chi connectivity index (χ2v) is 8.60. The third-order valence-corrected chi connectivity index (χ3v) is 6.02. The molecule has 4 rings (SSSR count). The van der Waals surface area contributed by atoms with Gasteiger partial charge < -0.3 is 30.5 Å². The highest BCUT2D eigenvalue weighted by Crippen LogP contribution is 2.18. The number of rotatable bonds is 6. The zero-order valence-electron chi connectivity index (χ0n) is 20.6. The standard InChI is InChI=1S/C27H27F2N5O4/c1-38-23-4-2-3-18(15-23)16-30-25(35)24-17-33(26(36)31-21-9-5-19(28)6-10-21)13-14-34(24)27(37)32-22-11-7-20(29)8-12-22/h2-12,15,24H,13-14,16-17H2,1H3,(H,30,35)(H,31,36)(H,32,37). The number of carbonyl (C=O) groups excluding carboxylic acids is 3. The maximum atomic E-state index is 13.3. The summed E-state index contributed by atoms with van der Waals surface area (Å²) in [6.45, 7) is 0.334. The molecule has 1 aliphatic heterocycles. The van der Waals surface area contributed by atoms with E-state index < -0.39 is 35.6 Å². The monoisotopic (exact) mass is 523 g/mol. The van der Waals surface area contributed by atoms with Crippen LogP contribution in [0.4, 0.5) is 29.7 Å². The van der Waals surface area contributed by atoms with Crippen LogP contribution in [0.15, 0.2) is 72.8 Å². The van der Waals surface area contributed by atoms with Crippen molar-refractivity contribution in [3.8, 4) is 5.75 Å². The third-order valence-electron chi connectivity index (χ3n) is 6.02. The van der Waals surface area contributed by atoms with Crippen molar-refractivity contribution < 1.29 is 27.9 Å². The molecule has 1 saturated heterocycles. The number of piperazine rings is 1. The molecule has 0 aliphatic carbocycles. The van der Waals surface area contributed by atoms with Crippen molar-refractivity contribution >= 4 is 29.3 Å². The molecule has 0 bridgehead atoms. The lowest BCUT2D eigenvalue weighted by Crippen LogP contribution is -2.62. The lowest BCUT2D eigenvalue weighted by Gasteiger charge is -2.40. The number of ether oxygens (including phenoxy) is 1. The second kappa shape index (κ2) is 12.0. The number of benzene rings is 3. The first-order chi connectivity index (χ1) is 18.3. The molecule has 1 atom stereocenters. The van der Waals surface area contributed by atoms with Crippen LogP contribution in [0.2, 0.25) is 0 Å². The summed E-state index contributed by atoms with van der Waals surface area (Å²) in [5.41, 5.74) is 1.55. The number of anilines is 2. The molecule has 5 amide bonds. The topological polar surface area (TPSA) is 103 Å². The Morgan fingerprint density at radius 3 is 2.08 bits per heavy atom. The highest BCUT2D eigenvalue weighted by atomic mass is 19.1. The van der Waals surface area contributed by atoms with Gasteiger partial charge in [-0.25, -0.2) is 18.4 Å². The molecule has 3 aromatic carbocycles. The van der Waals surface area contributed by atoms with Crippen molar-refractivity contribution in [2.75, 3.05) is 37.4 Å². The Bertz CT molecular complexity index is 1290. The third kappa shape index (κ3) is 6.75. The van der Waals surface area contributed by atoms with Crippen molar-refractivity contribution in [3.05, 3.63) is 90.0 Å². The van der Waals surface area contributed by atoms with Gasteiger partial charge in [0.2, 0.25) is 5.91 Å². The molecule has 11 heteroatoms. The van der Waals surface area contributed by atoms with Gasteiger partial charge in [0.15, 0.2) is 0 Å². The summed E-state index contributed by atoms with van der Waals surface area (Å²) in [6.07, 6.45) is 0. The number of hydrogen-bond donors (Lipinski definition) is 3. The highest BCUT2D eigenvalue weighted by molar-refractivity contribution is 5.95. The number of halogens is 2. The molecule has 198 valence electrons. The highest BCUT2D eigenvalue weighted by Gasteiger charge is 2.37. The van der Waals surface area contributed by atoms with Crippen LogP contribution in [0.25, 0.3) is 0 Å². The summed E-state index contributed by atoms with van der Waals surface area (Å²) in [4.78, 5) is 42.0. The molecule has 0 aromatic heterocycles. The largest absolute Gasteiger partial charge is 0.497 e. The molecule has 3 aromatic rings. The first-order valence-corrected chi connectivity index (χ1v) is 11.9. The zero-order chi connectivity index (χ0) is 27.1. The number of carbonyl (C=O) groups is 3. The van der Waals surface area contributed by atoms with Gasteiger partial charge in [0.1, 0.15) is 23.4 Å². The molecule has 38 heavy (non-hydrogen) atoms. The minimum Gasteiger partial charge on any atom is -0.497 e. The first-order valence-electron chi connectivity index (χ1n) is 11.9. The molecule has 1 aliphatic rings. The summed E-state index contributed by atoms with van der Waals surface area (Å²) < 4.78 is 31.7. The summed E-state index contributed by atoms with van der Waals surface area (Å²) >= 11 is 0. The van der Waals surface area contributed by atoms with Gasteiger partial charge in [-0.3, -0.25) is 4.79 Å². The van der Waals surface area contributed by atoms with Crippen LogP contribution in [0.3, 0.4) is 0 Å². The Hall–Kier alpha value is -4.67. The SMILES string of the molecule is COc1cccc(CNC(=O)C2CN(C(=O)Nc3ccc(F)cc3)CCN2C(=O)Nc2ccc(F)cc2)c1. The number of urea groups is 2. The lowest BCUT2D eigenvalue weighted by atomic mass is 10.1. The number of methoxy groups -OCH3 is 1. The fraction of sp³-hybridized carbons (Fsp3) is 0.222. The number of nitrogens with one attached hydrogen (secondary N) is 3. The Kier molecular flexibility index (Phi) is 8.37. The van der Waals surface area contributed by atoms with Crippen molar-refractivity contribution in [3.63, 3.8) is 0 Å². The zero-order valence-corrected chi connectivity index (χ0v) is 20.6. The Morgan fingerprint density at radius 2 is 1.47 bits per heavy atom. The maximum Gasteiger partial charge on any atom is 0.322 e. The van der Waals surface area contributed by atoms with Gasteiger partial charge in [-0.2, -0.15) is 0 Å². The molecule has 3 N–H and O–H groups in total. The van der Waals surface area contributed by atoms with E-state index in [0.29, 0.717) is 17.1 Å². The van der Waals surface area contributed by atoms with Crippen molar-refractivity contribution in [2.24, 2.45) is 0 Å². The lowest BCUT2D eigenvalue weighted by molar-refractivity contribution is -0.127. The molecule has 0 spiro atoms. The predicted octanol–water partition coefficient (Wildman–Crippen LogP) is 4.04. The van der Waals surface area contributed by atoms with Crippen LogP contribution in [0.5, 0.6) is 5.75 Å². The van der Waals surface area contributed by atoms with Crippen LogP contribution < -0.4 is 20.7 Å². The molecule has 9 nitrogen and oxygen atoms in total. The van der Waals surface area contributed by atoms with Gasteiger partial charge in [0, 0.05) is 31.0 Å². The van der Waals surface area contributed by atoms with Crippen LogP contribution >= 0.6 is 0 Å². The average Bonchev–Trinajstić information content (AvgIpc) is 2.94. The van der Waals surface area contributed by atoms with Crippen LogP contribution in [-0.2, 0) is 11.3 Å². The first kappa shape index (κ1) is 26.4. The van der Waals surface area contributed by atoms with Crippen molar-refractivity contribution in [1.82, 2.24) is 15.1 Å². The van der Waals surface area contributed by atoms with Crippen LogP contribution in [-0.4, -0.2) is 60.6 Å². The Labute approximate surface area is 218 Å². The van der Waals surface area contributed by atoms with E-state index in [1.807, 2.05) is 6.07 Å². The summed E-state index contributed by atoms with van der Waals surface area (Å²) in [7, 11) is 1.54. The predicted molar refractivity (Wildman–Crippen MR) is 138 cm³/mol. The molecular weight excluding hydrogens is 496 g/mol. The molecule has 0 saturated carbocycles. The molecule has 1 fully saturated rings. The van der Waals surface area contributed by atoms with E-state index in [1.165, 1.54) is 58.3 Å². The van der Waals surface area contributed by atoms with Gasteiger partial charge in [0.25, 0.3) is 0 Å². The summed E-state index contributed by atoms with van der Waals surface area (Å²) in [5, 5.41) is 8.17. The Morgan fingerprint density at radius 1 is 0.868 bits per heavy atom. The number of amides is 5. The van der Waals surface area contributed by atoms with E-state index in [0.717, 1.165) is 5.56 Å².